The Morgan fingerprint density at radius 3 is 2.75 bits per heavy atom. The molecule has 142 valence electrons. The van der Waals surface area contributed by atoms with Gasteiger partial charge in [0.2, 0.25) is 5.82 Å². The zero-order valence-electron chi connectivity index (χ0n) is 15.1. The first-order valence-corrected chi connectivity index (χ1v) is 8.53. The largest absolute Gasteiger partial charge is 0.479 e. The summed E-state index contributed by atoms with van der Waals surface area (Å²) in [5, 5.41) is 9.60. The van der Waals surface area contributed by atoms with Gasteiger partial charge in [-0.05, 0) is 56.3 Å². The Bertz CT molecular complexity index is 1080. The molecule has 1 atom stereocenters. The molecule has 9 heteroatoms. The summed E-state index contributed by atoms with van der Waals surface area (Å²) in [6.45, 7) is 3.35. The van der Waals surface area contributed by atoms with E-state index in [4.69, 9.17) is 4.74 Å². The average molecular weight is 381 g/mol. The van der Waals surface area contributed by atoms with Crippen LogP contribution in [0.25, 0.3) is 5.69 Å². The minimum atomic E-state index is -0.574. The van der Waals surface area contributed by atoms with Crippen molar-refractivity contribution in [2.75, 3.05) is 10.6 Å². The molecule has 2 N–H and O–H groups in total. The fourth-order valence-corrected chi connectivity index (χ4v) is 2.79. The minimum Gasteiger partial charge on any atom is -0.479 e. The van der Waals surface area contributed by atoms with Crippen molar-refractivity contribution in [1.29, 1.82) is 0 Å². The Balaban J connectivity index is 1.55. The molecule has 2 aromatic carbocycles. The number of aromatic nitrogens is 3. The zero-order chi connectivity index (χ0) is 19.8. The normalized spacial score (nSPS) is 15.4. The number of rotatable bonds is 3. The topological polar surface area (TPSA) is 98.1 Å². The number of hydrogen-bond acceptors (Lipinski definition) is 5. The van der Waals surface area contributed by atoms with Crippen molar-refractivity contribution in [3.8, 4) is 11.4 Å². The predicted octanol–water partition coefficient (Wildman–Crippen LogP) is 2.69. The Morgan fingerprint density at radius 2 is 2.00 bits per heavy atom. The number of fused-ring (bicyclic) bond motifs is 1. The van der Waals surface area contributed by atoms with Crippen LogP contribution in [-0.2, 0) is 4.79 Å². The average Bonchev–Trinajstić information content (AvgIpc) is 3.05. The molecule has 0 aliphatic carbocycles. The molecule has 0 bridgehead atoms. The summed E-state index contributed by atoms with van der Waals surface area (Å²) < 4.78 is 20.0. The summed E-state index contributed by atoms with van der Waals surface area (Å²) in [7, 11) is 0. The Morgan fingerprint density at radius 1 is 1.25 bits per heavy atom. The molecule has 0 spiro atoms. The zero-order valence-corrected chi connectivity index (χ0v) is 15.1. The van der Waals surface area contributed by atoms with E-state index in [0.717, 1.165) is 0 Å². The molecule has 3 aromatic rings. The van der Waals surface area contributed by atoms with Crippen LogP contribution in [0, 0.1) is 12.7 Å². The molecule has 1 aliphatic rings. The highest BCUT2D eigenvalue weighted by Crippen LogP contribution is 2.32. The highest BCUT2D eigenvalue weighted by atomic mass is 19.1. The summed E-state index contributed by atoms with van der Waals surface area (Å²) in [6.07, 6.45) is -0.574. The number of carbonyl (C=O) groups excluding carboxylic acids is 2. The number of ether oxygens (including phenoxy) is 1. The van der Waals surface area contributed by atoms with Crippen LogP contribution in [0.4, 0.5) is 15.8 Å². The van der Waals surface area contributed by atoms with E-state index in [1.807, 2.05) is 0 Å². The van der Waals surface area contributed by atoms with Crippen LogP contribution in [0.5, 0.6) is 5.75 Å². The number of hydrogen-bond donors (Lipinski definition) is 2. The van der Waals surface area contributed by atoms with E-state index >= 15 is 0 Å². The molecule has 1 aliphatic heterocycles. The fourth-order valence-electron chi connectivity index (χ4n) is 2.79. The molecule has 0 saturated heterocycles. The van der Waals surface area contributed by atoms with Crippen LogP contribution in [0.2, 0.25) is 0 Å². The van der Waals surface area contributed by atoms with Gasteiger partial charge in [0.25, 0.3) is 11.8 Å². The Labute approximate surface area is 159 Å². The number of aryl methyl sites for hydroxylation is 1. The van der Waals surface area contributed by atoms with Gasteiger partial charge >= 0.3 is 0 Å². The number of benzene rings is 2. The van der Waals surface area contributed by atoms with Gasteiger partial charge in [0.1, 0.15) is 17.4 Å². The van der Waals surface area contributed by atoms with E-state index in [2.05, 4.69) is 20.7 Å². The highest BCUT2D eigenvalue weighted by molar-refractivity contribution is 6.03. The maximum absolute atomic E-state index is 13.1. The number of amides is 2. The van der Waals surface area contributed by atoms with Gasteiger partial charge in [-0.1, -0.05) is 0 Å². The van der Waals surface area contributed by atoms with Crippen molar-refractivity contribution < 1.29 is 18.7 Å². The van der Waals surface area contributed by atoms with Crippen molar-refractivity contribution >= 4 is 23.2 Å². The summed E-state index contributed by atoms with van der Waals surface area (Å²) in [5.74, 6) is -0.158. The van der Waals surface area contributed by atoms with Gasteiger partial charge in [-0.25, -0.2) is 14.1 Å². The van der Waals surface area contributed by atoms with Gasteiger partial charge < -0.3 is 15.4 Å². The monoisotopic (exact) mass is 381 g/mol. The highest BCUT2D eigenvalue weighted by Gasteiger charge is 2.24. The first-order valence-electron chi connectivity index (χ1n) is 8.53. The molecule has 4 rings (SSSR count). The summed E-state index contributed by atoms with van der Waals surface area (Å²) >= 11 is 0. The molecular formula is C19H16FN5O3. The van der Waals surface area contributed by atoms with Crippen LogP contribution in [-0.4, -0.2) is 32.7 Å². The van der Waals surface area contributed by atoms with Gasteiger partial charge in [-0.2, -0.15) is 0 Å². The van der Waals surface area contributed by atoms with Gasteiger partial charge in [0, 0.05) is 5.69 Å². The molecule has 0 radical (unpaired) electrons. The van der Waals surface area contributed by atoms with Crippen molar-refractivity contribution in [1.82, 2.24) is 14.8 Å². The van der Waals surface area contributed by atoms with Crippen LogP contribution < -0.4 is 15.4 Å². The Hall–Kier alpha value is -3.75. The van der Waals surface area contributed by atoms with Gasteiger partial charge in [0.15, 0.2) is 6.10 Å². The molecule has 28 heavy (non-hydrogen) atoms. The van der Waals surface area contributed by atoms with Crippen molar-refractivity contribution in [3.05, 3.63) is 59.9 Å². The maximum atomic E-state index is 13.1. The fraction of sp³-hybridized carbons (Fsp3) is 0.158. The van der Waals surface area contributed by atoms with Crippen LogP contribution in [0.1, 0.15) is 23.4 Å². The van der Waals surface area contributed by atoms with E-state index in [9.17, 15) is 14.0 Å². The van der Waals surface area contributed by atoms with E-state index in [-0.39, 0.29) is 17.5 Å². The Kier molecular flexibility index (Phi) is 4.26. The summed E-state index contributed by atoms with van der Waals surface area (Å²) in [4.78, 5) is 28.4. The minimum absolute atomic E-state index is 0.0338. The number of carbonyl (C=O) groups is 2. The third-order valence-electron chi connectivity index (χ3n) is 4.21. The van der Waals surface area contributed by atoms with Crippen LogP contribution in [0.3, 0.4) is 0 Å². The number of nitrogens with one attached hydrogen (secondary N) is 2. The van der Waals surface area contributed by atoms with Gasteiger partial charge in [0.05, 0.1) is 11.4 Å². The van der Waals surface area contributed by atoms with Crippen LogP contribution in [0.15, 0.2) is 42.5 Å². The van der Waals surface area contributed by atoms with E-state index in [1.165, 1.54) is 16.8 Å². The molecule has 1 unspecified atom stereocenters. The van der Waals surface area contributed by atoms with E-state index < -0.39 is 12.0 Å². The molecule has 2 heterocycles. The quantitative estimate of drug-likeness (QED) is 0.727. The van der Waals surface area contributed by atoms with Gasteiger partial charge in [-0.3, -0.25) is 9.59 Å². The second kappa shape index (κ2) is 6.76. The van der Waals surface area contributed by atoms with E-state index in [0.29, 0.717) is 28.6 Å². The standard InChI is InChI=1S/C19H16FN5O3/c1-10-18(26)23-15-9-13(5-8-16(15)28-10)22-19(27)17-21-11(2)25(24-17)14-6-3-12(20)4-7-14/h3-10H,1-2H3,(H,22,27)(H,23,26). The summed E-state index contributed by atoms with van der Waals surface area (Å²) in [5.41, 5.74) is 1.52. The third kappa shape index (κ3) is 3.29. The summed E-state index contributed by atoms with van der Waals surface area (Å²) in [6, 6.07) is 10.6. The lowest BCUT2D eigenvalue weighted by atomic mass is 10.2. The lowest BCUT2D eigenvalue weighted by Gasteiger charge is -2.23. The SMILES string of the molecule is Cc1nc(C(=O)Nc2ccc3c(c2)NC(=O)C(C)O3)nn1-c1ccc(F)cc1. The second-order valence-corrected chi connectivity index (χ2v) is 6.29. The first kappa shape index (κ1) is 17.7. The lowest BCUT2D eigenvalue weighted by Crippen LogP contribution is -2.34. The van der Waals surface area contributed by atoms with Crippen LogP contribution >= 0.6 is 0 Å². The molecule has 8 nitrogen and oxygen atoms in total. The lowest BCUT2D eigenvalue weighted by molar-refractivity contribution is -0.122. The number of halogens is 1. The maximum Gasteiger partial charge on any atom is 0.295 e. The third-order valence-corrected chi connectivity index (χ3v) is 4.21. The number of anilines is 2. The van der Waals surface area contributed by atoms with Gasteiger partial charge in [-0.15, -0.1) is 5.10 Å². The molecule has 1 aromatic heterocycles. The molecule has 2 amide bonds. The van der Waals surface area contributed by atoms with E-state index in [1.54, 1.807) is 44.2 Å². The predicted molar refractivity (Wildman–Crippen MR) is 99.2 cm³/mol. The smallest absolute Gasteiger partial charge is 0.295 e. The molecule has 0 fully saturated rings. The van der Waals surface area contributed by atoms with Crippen molar-refractivity contribution in [3.63, 3.8) is 0 Å². The van der Waals surface area contributed by atoms with Crippen molar-refractivity contribution in [2.45, 2.75) is 20.0 Å². The first-order chi connectivity index (χ1) is 13.4. The second-order valence-electron chi connectivity index (χ2n) is 6.29. The van der Waals surface area contributed by atoms with Crippen molar-refractivity contribution in [2.24, 2.45) is 0 Å². The number of nitrogens with zero attached hydrogens (tertiary/aromatic N) is 3. The molecular weight excluding hydrogens is 365 g/mol. The molecule has 0 saturated carbocycles.